The van der Waals surface area contributed by atoms with Gasteiger partial charge in [-0.1, -0.05) is 52.1 Å². The van der Waals surface area contributed by atoms with E-state index >= 15 is 0 Å². The summed E-state index contributed by atoms with van der Waals surface area (Å²) < 4.78 is 6.61. The van der Waals surface area contributed by atoms with E-state index in [9.17, 15) is 9.59 Å². The van der Waals surface area contributed by atoms with Gasteiger partial charge in [0, 0.05) is 10.0 Å². The van der Waals surface area contributed by atoms with Crippen molar-refractivity contribution in [2.45, 2.75) is 19.9 Å². The first-order valence-corrected chi connectivity index (χ1v) is 10.9. The number of imide groups is 1. The summed E-state index contributed by atoms with van der Waals surface area (Å²) in [6, 6.07) is 10.6. The zero-order valence-corrected chi connectivity index (χ0v) is 18.8. The molecule has 2 amide bonds. The largest absolute Gasteiger partial charge is 0.493 e. The number of rotatable bonds is 6. The molecule has 0 N–H and O–H groups in total. The average Bonchev–Trinajstić information content (AvgIpc) is 2.91. The van der Waals surface area contributed by atoms with Crippen molar-refractivity contribution in [3.05, 3.63) is 66.9 Å². The Morgan fingerprint density at radius 3 is 2.64 bits per heavy atom. The normalized spacial score (nSPS) is 15.6. The van der Waals surface area contributed by atoms with Crippen LogP contribution in [0, 0.1) is 0 Å². The standard InChI is InChI=1S/C20H16BrCl2NO3S/c1-2-7-27-17-6-4-14(21)9-13(17)10-18-19(25)24(20(26)28-18)11-12-3-5-15(22)16(23)8-12/h3-6,8-10H,2,7,11H2,1H3/b18-10+. The Labute approximate surface area is 186 Å². The molecule has 0 saturated carbocycles. The molecule has 8 heteroatoms. The van der Waals surface area contributed by atoms with Crippen LogP contribution in [0.5, 0.6) is 5.75 Å². The van der Waals surface area contributed by atoms with Crippen LogP contribution in [-0.2, 0) is 11.3 Å². The van der Waals surface area contributed by atoms with Gasteiger partial charge in [-0.2, -0.15) is 0 Å². The maximum atomic E-state index is 12.8. The summed E-state index contributed by atoms with van der Waals surface area (Å²) in [6.45, 7) is 2.73. The highest BCUT2D eigenvalue weighted by Gasteiger charge is 2.35. The SMILES string of the molecule is CCCOc1ccc(Br)cc1/C=C1/SC(=O)N(Cc2ccc(Cl)c(Cl)c2)C1=O. The molecule has 0 spiro atoms. The van der Waals surface area contributed by atoms with Gasteiger partial charge in [0.2, 0.25) is 0 Å². The topological polar surface area (TPSA) is 46.6 Å². The third-order valence-corrected chi connectivity index (χ3v) is 6.06. The van der Waals surface area contributed by atoms with Crippen LogP contribution in [0.3, 0.4) is 0 Å². The molecule has 2 aromatic carbocycles. The Bertz CT molecular complexity index is 964. The summed E-state index contributed by atoms with van der Waals surface area (Å²) >= 11 is 16.3. The van der Waals surface area contributed by atoms with Crippen molar-refractivity contribution in [2.24, 2.45) is 0 Å². The second kappa shape index (κ2) is 9.35. The first kappa shape index (κ1) is 21.2. The number of amides is 2. The molecule has 1 aliphatic rings. The molecule has 1 heterocycles. The predicted molar refractivity (Wildman–Crippen MR) is 118 cm³/mol. The number of benzene rings is 2. The molecule has 3 rings (SSSR count). The predicted octanol–water partition coefficient (Wildman–Crippen LogP) is 6.78. The van der Waals surface area contributed by atoms with Gasteiger partial charge in [-0.15, -0.1) is 0 Å². The molecule has 0 radical (unpaired) electrons. The molecule has 0 aliphatic carbocycles. The monoisotopic (exact) mass is 499 g/mol. The zero-order chi connectivity index (χ0) is 20.3. The summed E-state index contributed by atoms with van der Waals surface area (Å²) in [6.07, 6.45) is 2.56. The number of nitrogens with zero attached hydrogens (tertiary/aromatic N) is 1. The number of thioether (sulfide) groups is 1. The van der Waals surface area contributed by atoms with Crippen molar-refractivity contribution >= 4 is 68.1 Å². The van der Waals surface area contributed by atoms with E-state index in [1.54, 1.807) is 24.3 Å². The van der Waals surface area contributed by atoms with E-state index in [0.29, 0.717) is 27.3 Å². The second-order valence-electron chi connectivity index (χ2n) is 6.05. The average molecular weight is 501 g/mol. The summed E-state index contributed by atoms with van der Waals surface area (Å²) in [5.74, 6) is 0.323. The number of ether oxygens (including phenoxy) is 1. The van der Waals surface area contributed by atoms with Crippen molar-refractivity contribution in [3.8, 4) is 5.75 Å². The molecular weight excluding hydrogens is 485 g/mol. The Balaban J connectivity index is 1.85. The Morgan fingerprint density at radius 2 is 1.93 bits per heavy atom. The van der Waals surface area contributed by atoms with Crippen LogP contribution in [0.2, 0.25) is 10.0 Å². The first-order valence-electron chi connectivity index (χ1n) is 8.50. The van der Waals surface area contributed by atoms with E-state index in [1.807, 2.05) is 25.1 Å². The summed E-state index contributed by atoms with van der Waals surface area (Å²) in [4.78, 5) is 26.7. The lowest BCUT2D eigenvalue weighted by atomic mass is 10.1. The molecule has 1 saturated heterocycles. The highest BCUT2D eigenvalue weighted by molar-refractivity contribution is 9.10. The Hall–Kier alpha value is -1.47. The molecule has 1 fully saturated rings. The number of carbonyl (C=O) groups is 2. The number of hydrogen-bond acceptors (Lipinski definition) is 4. The van der Waals surface area contributed by atoms with Gasteiger partial charge in [0.05, 0.1) is 28.1 Å². The molecule has 0 atom stereocenters. The molecule has 0 bridgehead atoms. The minimum Gasteiger partial charge on any atom is -0.493 e. The highest BCUT2D eigenvalue weighted by atomic mass is 79.9. The van der Waals surface area contributed by atoms with Gasteiger partial charge in [0.25, 0.3) is 11.1 Å². The number of hydrogen-bond donors (Lipinski definition) is 0. The van der Waals surface area contributed by atoms with Gasteiger partial charge in [-0.05, 0) is 60.2 Å². The molecule has 0 aromatic heterocycles. The maximum absolute atomic E-state index is 12.8. The fraction of sp³-hybridized carbons (Fsp3) is 0.200. The van der Waals surface area contributed by atoms with E-state index in [2.05, 4.69) is 15.9 Å². The number of halogens is 3. The molecular formula is C20H16BrCl2NO3S. The van der Waals surface area contributed by atoms with Gasteiger partial charge >= 0.3 is 0 Å². The maximum Gasteiger partial charge on any atom is 0.293 e. The van der Waals surface area contributed by atoms with Crippen molar-refractivity contribution in [2.75, 3.05) is 6.61 Å². The van der Waals surface area contributed by atoms with Crippen LogP contribution in [0.15, 0.2) is 45.8 Å². The highest BCUT2D eigenvalue weighted by Crippen LogP contribution is 2.36. The van der Waals surface area contributed by atoms with Gasteiger partial charge in [-0.3, -0.25) is 14.5 Å². The Morgan fingerprint density at radius 1 is 1.14 bits per heavy atom. The number of carbonyl (C=O) groups excluding carboxylic acids is 2. The van der Waals surface area contributed by atoms with Crippen molar-refractivity contribution in [3.63, 3.8) is 0 Å². The summed E-state index contributed by atoms with van der Waals surface area (Å²) in [5.41, 5.74) is 1.47. The van der Waals surface area contributed by atoms with Crippen LogP contribution in [-0.4, -0.2) is 22.7 Å². The van der Waals surface area contributed by atoms with Crippen molar-refractivity contribution in [1.29, 1.82) is 0 Å². The van der Waals surface area contributed by atoms with Gasteiger partial charge < -0.3 is 4.74 Å². The van der Waals surface area contributed by atoms with E-state index in [4.69, 9.17) is 27.9 Å². The molecule has 146 valence electrons. The van der Waals surface area contributed by atoms with Gasteiger partial charge in [0.1, 0.15) is 5.75 Å². The van der Waals surface area contributed by atoms with Crippen LogP contribution in [0.4, 0.5) is 4.79 Å². The molecule has 1 aliphatic heterocycles. The van der Waals surface area contributed by atoms with E-state index < -0.39 is 0 Å². The fourth-order valence-corrected chi connectivity index (χ4v) is 4.10. The smallest absolute Gasteiger partial charge is 0.293 e. The minimum absolute atomic E-state index is 0.135. The Kier molecular flexibility index (Phi) is 7.10. The minimum atomic E-state index is -0.345. The van der Waals surface area contributed by atoms with E-state index in [1.165, 1.54) is 4.90 Å². The van der Waals surface area contributed by atoms with Gasteiger partial charge in [-0.25, -0.2) is 0 Å². The third-order valence-electron chi connectivity index (χ3n) is 3.92. The summed E-state index contributed by atoms with van der Waals surface area (Å²) in [5, 5.41) is 0.482. The van der Waals surface area contributed by atoms with E-state index in [0.717, 1.165) is 33.8 Å². The van der Waals surface area contributed by atoms with Crippen LogP contribution < -0.4 is 4.74 Å². The molecule has 4 nitrogen and oxygen atoms in total. The lowest BCUT2D eigenvalue weighted by Gasteiger charge is -2.13. The van der Waals surface area contributed by atoms with Crippen molar-refractivity contribution < 1.29 is 14.3 Å². The zero-order valence-electron chi connectivity index (χ0n) is 14.9. The second-order valence-corrected chi connectivity index (χ2v) is 8.77. The first-order chi connectivity index (χ1) is 13.4. The lowest BCUT2D eigenvalue weighted by molar-refractivity contribution is -0.123. The van der Waals surface area contributed by atoms with Crippen LogP contribution >= 0.6 is 50.9 Å². The van der Waals surface area contributed by atoms with Crippen molar-refractivity contribution in [1.82, 2.24) is 4.90 Å². The van der Waals surface area contributed by atoms with E-state index in [-0.39, 0.29) is 17.7 Å². The molecule has 28 heavy (non-hydrogen) atoms. The fourth-order valence-electron chi connectivity index (χ4n) is 2.57. The lowest BCUT2D eigenvalue weighted by Crippen LogP contribution is -2.27. The van der Waals surface area contributed by atoms with Crippen LogP contribution in [0.25, 0.3) is 6.08 Å². The molecule has 2 aromatic rings. The quantitative estimate of drug-likeness (QED) is 0.410. The van der Waals surface area contributed by atoms with Gasteiger partial charge in [0.15, 0.2) is 0 Å². The summed E-state index contributed by atoms with van der Waals surface area (Å²) in [7, 11) is 0. The molecule has 0 unspecified atom stereocenters. The third kappa shape index (κ3) is 4.92. The van der Waals surface area contributed by atoms with Crippen LogP contribution in [0.1, 0.15) is 24.5 Å².